The van der Waals surface area contributed by atoms with Crippen molar-refractivity contribution in [3.05, 3.63) is 57.8 Å². The second-order valence-corrected chi connectivity index (χ2v) is 9.64. The van der Waals surface area contributed by atoms with Gasteiger partial charge in [-0.3, -0.25) is 14.5 Å². The molecule has 1 aliphatic rings. The highest BCUT2D eigenvalue weighted by molar-refractivity contribution is 7.09. The Balaban J connectivity index is 1.74. The molecule has 7 heteroatoms. The van der Waals surface area contributed by atoms with Crippen molar-refractivity contribution in [1.82, 2.24) is 15.1 Å². The average molecular weight is 414 g/mol. The highest BCUT2D eigenvalue weighted by atomic mass is 32.1. The third-order valence-corrected chi connectivity index (χ3v) is 6.16. The zero-order valence-electron chi connectivity index (χ0n) is 17.5. The normalized spacial score (nSPS) is 19.4. The Labute approximate surface area is 175 Å². The minimum Gasteiger partial charge on any atom is -0.339 e. The van der Waals surface area contributed by atoms with Crippen LogP contribution in [0.2, 0.25) is 0 Å². The van der Waals surface area contributed by atoms with Gasteiger partial charge in [0, 0.05) is 11.9 Å². The number of amides is 4. The van der Waals surface area contributed by atoms with Gasteiger partial charge in [0.1, 0.15) is 12.1 Å². The van der Waals surface area contributed by atoms with Gasteiger partial charge in [0.05, 0.1) is 6.54 Å². The largest absolute Gasteiger partial charge is 0.339 e. The first-order chi connectivity index (χ1) is 13.5. The number of benzene rings is 1. The van der Waals surface area contributed by atoms with E-state index in [9.17, 15) is 14.4 Å². The third kappa shape index (κ3) is 4.19. The van der Waals surface area contributed by atoms with Gasteiger partial charge in [-0.25, -0.2) is 4.79 Å². The van der Waals surface area contributed by atoms with Crippen LogP contribution >= 0.6 is 11.3 Å². The molecular formula is C22H27N3O3S. The zero-order chi connectivity index (χ0) is 21.4. The molecule has 1 saturated heterocycles. The van der Waals surface area contributed by atoms with Crippen LogP contribution in [0.4, 0.5) is 4.79 Å². The smallest absolute Gasteiger partial charge is 0.325 e. The van der Waals surface area contributed by atoms with Crippen LogP contribution in [0.15, 0.2) is 41.8 Å². The lowest BCUT2D eigenvalue weighted by molar-refractivity contribution is -0.138. The lowest BCUT2D eigenvalue weighted by atomic mass is 9.84. The molecule has 0 saturated carbocycles. The molecular weight excluding hydrogens is 386 g/mol. The van der Waals surface area contributed by atoms with Gasteiger partial charge in [0.25, 0.3) is 5.91 Å². The maximum Gasteiger partial charge on any atom is 0.325 e. The summed E-state index contributed by atoms with van der Waals surface area (Å²) < 4.78 is 0. The van der Waals surface area contributed by atoms with Crippen LogP contribution in [-0.2, 0) is 27.1 Å². The Kier molecular flexibility index (Phi) is 5.54. The number of likely N-dealkylation sites (N-methyl/N-ethyl adjacent to an activating group) is 1. The predicted octanol–water partition coefficient (Wildman–Crippen LogP) is 3.47. The lowest BCUT2D eigenvalue weighted by Crippen LogP contribution is -2.43. The Bertz CT molecular complexity index is 916. The van der Waals surface area contributed by atoms with E-state index in [-0.39, 0.29) is 17.9 Å². The van der Waals surface area contributed by atoms with Crippen LogP contribution in [0.3, 0.4) is 0 Å². The second kappa shape index (κ2) is 7.63. The van der Waals surface area contributed by atoms with Crippen LogP contribution in [0.1, 0.15) is 43.7 Å². The van der Waals surface area contributed by atoms with Crippen molar-refractivity contribution in [3.63, 3.8) is 0 Å². The van der Waals surface area contributed by atoms with Crippen molar-refractivity contribution in [1.29, 1.82) is 0 Å². The summed E-state index contributed by atoms with van der Waals surface area (Å²) in [6.07, 6.45) is 0. The van der Waals surface area contributed by atoms with E-state index in [2.05, 4.69) is 26.1 Å². The molecule has 1 aromatic heterocycles. The predicted molar refractivity (Wildman–Crippen MR) is 114 cm³/mol. The molecule has 1 fully saturated rings. The van der Waals surface area contributed by atoms with Crippen LogP contribution in [0.5, 0.6) is 0 Å². The Morgan fingerprint density at radius 3 is 2.38 bits per heavy atom. The summed E-state index contributed by atoms with van der Waals surface area (Å²) in [5.41, 5.74) is 0.656. The monoisotopic (exact) mass is 413 g/mol. The van der Waals surface area contributed by atoms with Crippen molar-refractivity contribution < 1.29 is 14.4 Å². The van der Waals surface area contributed by atoms with Gasteiger partial charge in [0.15, 0.2) is 0 Å². The molecule has 0 bridgehead atoms. The summed E-state index contributed by atoms with van der Waals surface area (Å²) in [5, 5.41) is 4.71. The maximum absolute atomic E-state index is 13.1. The molecule has 2 aromatic rings. The second-order valence-electron chi connectivity index (χ2n) is 8.60. The highest BCUT2D eigenvalue weighted by Crippen LogP contribution is 2.31. The lowest BCUT2D eigenvalue weighted by Gasteiger charge is -2.25. The van der Waals surface area contributed by atoms with Gasteiger partial charge in [-0.1, -0.05) is 51.1 Å². The third-order valence-electron chi connectivity index (χ3n) is 5.30. The first-order valence-electron chi connectivity index (χ1n) is 9.54. The molecule has 2 heterocycles. The summed E-state index contributed by atoms with van der Waals surface area (Å²) in [6, 6.07) is 11.0. The minimum atomic E-state index is -1.18. The van der Waals surface area contributed by atoms with E-state index in [1.165, 1.54) is 4.90 Å². The number of urea groups is 1. The minimum absolute atomic E-state index is 0.00598. The number of hydrogen-bond acceptors (Lipinski definition) is 4. The fraction of sp³-hybridized carbons (Fsp3) is 0.409. The van der Waals surface area contributed by atoms with Crippen LogP contribution < -0.4 is 5.32 Å². The molecule has 154 valence electrons. The highest BCUT2D eigenvalue weighted by Gasteiger charge is 2.49. The zero-order valence-corrected chi connectivity index (χ0v) is 18.3. The number of imide groups is 1. The Morgan fingerprint density at radius 1 is 1.17 bits per heavy atom. The van der Waals surface area contributed by atoms with Crippen LogP contribution in [-0.4, -0.2) is 41.2 Å². The van der Waals surface area contributed by atoms with E-state index in [1.807, 2.05) is 41.8 Å². The molecule has 4 amide bonds. The van der Waals surface area contributed by atoms with Crippen molar-refractivity contribution in [3.8, 4) is 0 Å². The Hall–Kier alpha value is -2.67. The molecule has 0 spiro atoms. The van der Waals surface area contributed by atoms with Crippen LogP contribution in [0, 0.1) is 0 Å². The molecule has 29 heavy (non-hydrogen) atoms. The van der Waals surface area contributed by atoms with Gasteiger partial charge in [-0.2, -0.15) is 0 Å². The summed E-state index contributed by atoms with van der Waals surface area (Å²) in [6.45, 7) is 8.21. The van der Waals surface area contributed by atoms with Crippen molar-refractivity contribution in [2.24, 2.45) is 0 Å². The Morgan fingerprint density at radius 2 is 1.83 bits per heavy atom. The molecule has 1 atom stereocenters. The van der Waals surface area contributed by atoms with E-state index < -0.39 is 17.5 Å². The molecule has 0 radical (unpaired) electrons. The van der Waals surface area contributed by atoms with Gasteiger partial charge in [-0.15, -0.1) is 11.3 Å². The number of nitrogens with zero attached hydrogens (tertiary/aromatic N) is 2. The fourth-order valence-electron chi connectivity index (χ4n) is 3.32. The molecule has 6 nitrogen and oxygen atoms in total. The number of nitrogens with one attached hydrogen (secondary N) is 1. The molecule has 0 aliphatic carbocycles. The topological polar surface area (TPSA) is 69.7 Å². The van der Waals surface area contributed by atoms with E-state index in [1.54, 1.807) is 25.3 Å². The first kappa shape index (κ1) is 21.0. The fourth-order valence-corrected chi connectivity index (χ4v) is 4.08. The molecule has 1 unspecified atom stereocenters. The number of carbonyl (C=O) groups excluding carboxylic acids is 3. The number of carbonyl (C=O) groups is 3. The van der Waals surface area contributed by atoms with Gasteiger partial charge < -0.3 is 10.2 Å². The van der Waals surface area contributed by atoms with Crippen LogP contribution in [0.25, 0.3) is 0 Å². The number of hydrogen-bond donors (Lipinski definition) is 1. The summed E-state index contributed by atoms with van der Waals surface area (Å²) in [7, 11) is 1.67. The first-order valence-corrected chi connectivity index (χ1v) is 10.4. The summed E-state index contributed by atoms with van der Waals surface area (Å²) in [4.78, 5) is 41.7. The van der Waals surface area contributed by atoms with Crippen molar-refractivity contribution >= 4 is 29.2 Å². The molecule has 3 rings (SSSR count). The van der Waals surface area contributed by atoms with E-state index in [0.29, 0.717) is 12.1 Å². The molecule has 1 aromatic carbocycles. The summed E-state index contributed by atoms with van der Waals surface area (Å²) in [5.74, 6) is -0.696. The molecule has 1 aliphatic heterocycles. The van der Waals surface area contributed by atoms with E-state index >= 15 is 0 Å². The van der Waals surface area contributed by atoms with Gasteiger partial charge in [0.2, 0.25) is 5.91 Å². The number of thiophene rings is 1. The maximum atomic E-state index is 13.1. The standard InChI is InChI=1S/C22H27N3O3S/c1-21(2,3)15-8-10-16(11-9-15)22(4)19(27)25(20(28)23-22)14-18(26)24(5)13-17-7-6-12-29-17/h6-12H,13-14H2,1-5H3,(H,23,28). The van der Waals surface area contributed by atoms with Crippen molar-refractivity contribution in [2.75, 3.05) is 13.6 Å². The van der Waals surface area contributed by atoms with Crippen molar-refractivity contribution in [2.45, 2.75) is 45.2 Å². The van der Waals surface area contributed by atoms with Gasteiger partial charge in [-0.05, 0) is 34.9 Å². The van der Waals surface area contributed by atoms with Gasteiger partial charge >= 0.3 is 6.03 Å². The summed E-state index contributed by atoms with van der Waals surface area (Å²) >= 11 is 1.56. The molecule has 1 N–H and O–H groups in total. The van der Waals surface area contributed by atoms with E-state index in [4.69, 9.17) is 0 Å². The number of rotatable bonds is 5. The quantitative estimate of drug-likeness (QED) is 0.763. The van der Waals surface area contributed by atoms with E-state index in [0.717, 1.165) is 15.3 Å². The average Bonchev–Trinajstić information content (AvgIpc) is 3.24. The SMILES string of the molecule is CN(Cc1cccs1)C(=O)CN1C(=O)NC(C)(c2ccc(C(C)(C)C)cc2)C1=O.